The molecule has 2 aromatic carbocycles. The summed E-state index contributed by atoms with van der Waals surface area (Å²) in [6.45, 7) is 12.8. The Balaban J connectivity index is 1.57. The van der Waals surface area contributed by atoms with Crippen LogP contribution < -0.4 is 0 Å². The molecule has 4 rings (SSSR count). The summed E-state index contributed by atoms with van der Waals surface area (Å²) in [7, 11) is -3.29. The Kier molecular flexibility index (Phi) is 5.78. The van der Waals surface area contributed by atoms with Crippen LogP contribution in [0.3, 0.4) is 0 Å². The summed E-state index contributed by atoms with van der Waals surface area (Å²) >= 11 is 1.41. The fraction of sp³-hybridized carbons (Fsp3) is 0.333. The molecule has 0 unspecified atom stereocenters. The van der Waals surface area contributed by atoms with Crippen LogP contribution in [-0.2, 0) is 0 Å². The lowest BCUT2D eigenvalue weighted by Gasteiger charge is -2.22. The van der Waals surface area contributed by atoms with Crippen LogP contribution in [0.25, 0.3) is 0 Å². The number of fused-ring (bicyclic) bond motifs is 2. The van der Waals surface area contributed by atoms with Crippen LogP contribution in [0.1, 0.15) is 41.4 Å². The van der Waals surface area contributed by atoms with Crippen molar-refractivity contribution in [3.8, 4) is 0 Å². The lowest BCUT2D eigenvalue weighted by molar-refractivity contribution is 0.0663. The number of amides is 4. The Labute approximate surface area is 200 Å². The maximum Gasteiger partial charge on any atom is 0.261 e. The zero-order valence-corrected chi connectivity index (χ0v) is 22.6. The first-order valence-electron chi connectivity index (χ1n) is 10.9. The Morgan fingerprint density at radius 2 is 0.909 bits per heavy atom. The highest BCUT2D eigenvalue weighted by atomic mass is 32.2. The van der Waals surface area contributed by atoms with E-state index in [9.17, 15) is 19.2 Å². The largest absolute Gasteiger partial charge is 0.277 e. The van der Waals surface area contributed by atoms with Gasteiger partial charge in [-0.05, 0) is 36.4 Å². The summed E-state index contributed by atoms with van der Waals surface area (Å²) in [5, 5.41) is 0. The van der Waals surface area contributed by atoms with Gasteiger partial charge in [0.05, 0.1) is 38.4 Å². The van der Waals surface area contributed by atoms with Crippen LogP contribution in [0.5, 0.6) is 0 Å². The molecule has 0 bridgehead atoms. The zero-order valence-electron chi connectivity index (χ0n) is 19.8. The molecule has 4 amide bonds. The number of carbonyl (C=O) groups excluding carboxylic acids is 4. The molecule has 9 heteroatoms. The maximum atomic E-state index is 12.9. The van der Waals surface area contributed by atoms with E-state index in [4.69, 9.17) is 0 Å². The fourth-order valence-corrected chi connectivity index (χ4v) is 7.41. The summed E-state index contributed by atoms with van der Waals surface area (Å²) in [5.74, 6) is -0.926. The van der Waals surface area contributed by atoms with E-state index in [1.165, 1.54) is 21.6 Å². The molecule has 172 valence electrons. The molecule has 0 aromatic heterocycles. The van der Waals surface area contributed by atoms with E-state index in [1.54, 1.807) is 24.3 Å². The van der Waals surface area contributed by atoms with Crippen molar-refractivity contribution in [1.82, 2.24) is 9.80 Å². The first-order valence-corrected chi connectivity index (χ1v) is 19.2. The predicted molar refractivity (Wildman–Crippen MR) is 134 cm³/mol. The van der Waals surface area contributed by atoms with Gasteiger partial charge < -0.3 is 0 Å². The lowest BCUT2D eigenvalue weighted by atomic mass is 10.1. The SMILES string of the molecule is C[Si](C)(C)CN1C(=O)c2ccc(Sc3ccc4c(c3)C(=O)N(C[Si](C)(C)C)C4=O)cc2C1=O. The van der Waals surface area contributed by atoms with E-state index >= 15 is 0 Å². The molecule has 33 heavy (non-hydrogen) atoms. The van der Waals surface area contributed by atoms with Gasteiger partial charge in [-0.15, -0.1) is 0 Å². The standard InChI is InChI=1S/C24H28N2O4SSi2/c1-32(2,3)13-25-21(27)17-9-7-15(11-19(17)23(25)29)31-16-8-10-18-20(12-16)24(30)26(22(18)28)14-33(4,5)6/h7-12H,13-14H2,1-6H3. The van der Waals surface area contributed by atoms with Gasteiger partial charge in [0.1, 0.15) is 0 Å². The van der Waals surface area contributed by atoms with Gasteiger partial charge in [0.25, 0.3) is 23.6 Å². The molecule has 0 N–H and O–H groups in total. The Bertz CT molecular complexity index is 1120. The van der Waals surface area contributed by atoms with Crippen LogP contribution in [0.15, 0.2) is 46.2 Å². The van der Waals surface area contributed by atoms with Crippen molar-refractivity contribution in [1.29, 1.82) is 0 Å². The summed E-state index contributed by atoms with van der Waals surface area (Å²) in [6.07, 6.45) is 0.993. The zero-order chi connectivity index (χ0) is 24.3. The smallest absolute Gasteiger partial charge is 0.261 e. The van der Waals surface area contributed by atoms with Crippen molar-refractivity contribution in [2.24, 2.45) is 0 Å². The molecule has 2 aromatic rings. The monoisotopic (exact) mass is 496 g/mol. The van der Waals surface area contributed by atoms with Gasteiger partial charge in [-0.25, -0.2) is 0 Å². The number of hydrogen-bond acceptors (Lipinski definition) is 5. The molecule has 6 nitrogen and oxygen atoms in total. The third-order valence-electron chi connectivity index (χ3n) is 5.38. The number of nitrogens with zero attached hydrogens (tertiary/aromatic N) is 2. The molecule has 2 aliphatic rings. The van der Waals surface area contributed by atoms with Crippen molar-refractivity contribution in [3.05, 3.63) is 58.7 Å². The van der Waals surface area contributed by atoms with Crippen LogP contribution >= 0.6 is 11.8 Å². The average molecular weight is 497 g/mol. The Morgan fingerprint density at radius 3 is 1.24 bits per heavy atom. The second kappa shape index (κ2) is 8.07. The van der Waals surface area contributed by atoms with E-state index < -0.39 is 16.1 Å². The van der Waals surface area contributed by atoms with Crippen molar-refractivity contribution in [3.63, 3.8) is 0 Å². The van der Waals surface area contributed by atoms with E-state index in [1.807, 2.05) is 12.1 Å². The van der Waals surface area contributed by atoms with Crippen LogP contribution in [0.2, 0.25) is 39.3 Å². The number of benzene rings is 2. The van der Waals surface area contributed by atoms with Crippen LogP contribution in [0, 0.1) is 0 Å². The number of hydrogen-bond donors (Lipinski definition) is 0. The van der Waals surface area contributed by atoms with Crippen molar-refractivity contribution in [2.45, 2.75) is 49.1 Å². The molecular formula is C24H28N2O4SSi2. The molecule has 0 radical (unpaired) electrons. The summed E-state index contributed by atoms with van der Waals surface area (Å²) in [6, 6.07) is 10.6. The average Bonchev–Trinajstić information content (AvgIpc) is 3.06. The first kappa shape index (κ1) is 23.7. The topological polar surface area (TPSA) is 74.8 Å². The van der Waals surface area contributed by atoms with Crippen molar-refractivity contribution >= 4 is 51.5 Å². The van der Waals surface area contributed by atoms with Crippen molar-refractivity contribution < 1.29 is 19.2 Å². The summed E-state index contributed by atoms with van der Waals surface area (Å²) in [5.41, 5.74) is 1.74. The molecule has 0 saturated heterocycles. The minimum Gasteiger partial charge on any atom is -0.277 e. The third kappa shape index (κ3) is 4.62. The highest BCUT2D eigenvalue weighted by Gasteiger charge is 2.39. The second-order valence-electron chi connectivity index (χ2n) is 11.0. The minimum absolute atomic E-state index is 0.224. The normalized spacial score (nSPS) is 16.1. The lowest BCUT2D eigenvalue weighted by Crippen LogP contribution is -2.43. The van der Waals surface area contributed by atoms with Gasteiger partial charge in [-0.1, -0.05) is 51.0 Å². The van der Waals surface area contributed by atoms with Crippen LogP contribution in [0.4, 0.5) is 0 Å². The highest BCUT2D eigenvalue weighted by Crippen LogP contribution is 2.35. The van der Waals surface area contributed by atoms with Gasteiger partial charge >= 0.3 is 0 Å². The van der Waals surface area contributed by atoms with Gasteiger partial charge in [0, 0.05) is 22.1 Å². The molecular weight excluding hydrogens is 469 g/mol. The molecule has 0 spiro atoms. The molecule has 0 aliphatic carbocycles. The molecule has 0 fully saturated rings. The van der Waals surface area contributed by atoms with Crippen molar-refractivity contribution in [2.75, 3.05) is 12.3 Å². The Hall–Kier alpha value is -2.50. The van der Waals surface area contributed by atoms with Gasteiger partial charge in [-0.3, -0.25) is 29.0 Å². The third-order valence-corrected chi connectivity index (χ3v) is 8.89. The maximum absolute atomic E-state index is 12.9. The number of imide groups is 2. The van der Waals surface area contributed by atoms with Gasteiger partial charge in [-0.2, -0.15) is 0 Å². The number of rotatable bonds is 6. The van der Waals surface area contributed by atoms with E-state index in [0.29, 0.717) is 34.6 Å². The molecule has 0 atom stereocenters. The summed E-state index contributed by atoms with van der Waals surface area (Å²) < 4.78 is 0. The van der Waals surface area contributed by atoms with E-state index in [2.05, 4.69) is 39.3 Å². The van der Waals surface area contributed by atoms with Crippen LogP contribution in [-0.4, -0.2) is 61.9 Å². The first-order chi connectivity index (χ1) is 15.2. The Morgan fingerprint density at radius 1 is 0.576 bits per heavy atom. The van der Waals surface area contributed by atoms with Gasteiger partial charge in [0.2, 0.25) is 0 Å². The number of carbonyl (C=O) groups is 4. The molecule has 2 heterocycles. The summed E-state index contributed by atoms with van der Waals surface area (Å²) in [4.78, 5) is 55.6. The minimum atomic E-state index is -1.64. The van der Waals surface area contributed by atoms with E-state index in [-0.39, 0.29) is 23.6 Å². The predicted octanol–water partition coefficient (Wildman–Crippen LogP) is 4.78. The fourth-order valence-electron chi connectivity index (χ4n) is 4.04. The molecule has 2 aliphatic heterocycles. The quantitative estimate of drug-likeness (QED) is 0.425. The van der Waals surface area contributed by atoms with Gasteiger partial charge in [0.15, 0.2) is 0 Å². The second-order valence-corrected chi connectivity index (χ2v) is 23.1. The van der Waals surface area contributed by atoms with E-state index in [0.717, 1.165) is 9.79 Å². The highest BCUT2D eigenvalue weighted by molar-refractivity contribution is 7.99. The molecule has 0 saturated carbocycles.